The number of amides is 1. The molecule has 0 spiro atoms. The quantitative estimate of drug-likeness (QED) is 0.764. The van der Waals surface area contributed by atoms with E-state index in [0.29, 0.717) is 48.7 Å². The molecule has 0 atom stereocenters. The Bertz CT molecular complexity index is 874. The standard InChI is InChI=1S/C20H18ClN3O2/c21-16-7-4-8-17(14-16)24-19(25)18(13-15-5-2-1-3-6-15)22-20(24)23-9-11-26-12-10-23/h1-8,13-14H,9-12H2/b18-13-. The molecule has 0 aliphatic carbocycles. The number of rotatable bonds is 2. The third-order valence-electron chi connectivity index (χ3n) is 4.31. The zero-order valence-corrected chi connectivity index (χ0v) is 14.9. The van der Waals surface area contributed by atoms with Crippen LogP contribution < -0.4 is 4.90 Å². The van der Waals surface area contributed by atoms with Gasteiger partial charge in [0.1, 0.15) is 5.70 Å². The Labute approximate surface area is 157 Å². The van der Waals surface area contributed by atoms with Gasteiger partial charge in [-0.1, -0.05) is 48.0 Å². The molecule has 0 unspecified atom stereocenters. The van der Waals surface area contributed by atoms with Crippen LogP contribution in [-0.2, 0) is 9.53 Å². The second-order valence-electron chi connectivity index (χ2n) is 6.07. The summed E-state index contributed by atoms with van der Waals surface area (Å²) in [5.74, 6) is 0.473. The molecule has 4 rings (SSSR count). The Hall–Kier alpha value is -2.63. The smallest absolute Gasteiger partial charge is 0.283 e. The fourth-order valence-electron chi connectivity index (χ4n) is 3.04. The van der Waals surface area contributed by atoms with Gasteiger partial charge in [-0.25, -0.2) is 9.89 Å². The van der Waals surface area contributed by atoms with Gasteiger partial charge in [-0.2, -0.15) is 0 Å². The molecular weight excluding hydrogens is 350 g/mol. The minimum atomic E-state index is -0.155. The molecular formula is C20H18ClN3O2. The Morgan fingerprint density at radius 2 is 1.81 bits per heavy atom. The Balaban J connectivity index is 1.75. The summed E-state index contributed by atoms with van der Waals surface area (Å²) in [4.78, 5) is 21.5. The van der Waals surface area contributed by atoms with Crippen molar-refractivity contribution in [3.63, 3.8) is 0 Å². The topological polar surface area (TPSA) is 45.1 Å². The van der Waals surface area contributed by atoms with Gasteiger partial charge in [-0.05, 0) is 29.8 Å². The SMILES string of the molecule is O=C1/C(=C/c2ccccc2)N=C(N2CCOCC2)N1c1cccc(Cl)c1. The summed E-state index contributed by atoms with van der Waals surface area (Å²) in [7, 11) is 0. The molecule has 2 aromatic rings. The Kier molecular flexibility index (Phi) is 4.73. The molecule has 1 fully saturated rings. The molecule has 0 radical (unpaired) electrons. The van der Waals surface area contributed by atoms with E-state index < -0.39 is 0 Å². The molecule has 2 aliphatic rings. The van der Waals surface area contributed by atoms with Gasteiger partial charge < -0.3 is 9.64 Å². The van der Waals surface area contributed by atoms with Gasteiger partial charge in [-0.3, -0.25) is 4.79 Å². The molecule has 0 saturated carbocycles. The highest BCUT2D eigenvalue weighted by Crippen LogP contribution is 2.28. The lowest BCUT2D eigenvalue weighted by atomic mass is 10.2. The largest absolute Gasteiger partial charge is 0.378 e. The van der Waals surface area contributed by atoms with E-state index in [-0.39, 0.29) is 5.91 Å². The number of hydrogen-bond acceptors (Lipinski definition) is 4. The Morgan fingerprint density at radius 1 is 1.04 bits per heavy atom. The minimum absolute atomic E-state index is 0.155. The van der Waals surface area contributed by atoms with Gasteiger partial charge in [-0.15, -0.1) is 0 Å². The average Bonchev–Trinajstić information content (AvgIpc) is 3.00. The predicted octanol–water partition coefficient (Wildman–Crippen LogP) is 3.42. The van der Waals surface area contributed by atoms with Crippen molar-refractivity contribution in [2.24, 2.45) is 4.99 Å². The number of hydrogen-bond donors (Lipinski definition) is 0. The molecule has 2 aliphatic heterocycles. The number of halogens is 1. The number of aliphatic imine (C=N–C) groups is 1. The van der Waals surface area contributed by atoms with Crippen LogP contribution in [0.1, 0.15) is 5.56 Å². The van der Waals surface area contributed by atoms with Gasteiger partial charge in [0.15, 0.2) is 0 Å². The van der Waals surface area contributed by atoms with E-state index in [1.54, 1.807) is 17.0 Å². The molecule has 6 heteroatoms. The van der Waals surface area contributed by atoms with E-state index in [1.165, 1.54) is 0 Å². The molecule has 0 bridgehead atoms. The third-order valence-corrected chi connectivity index (χ3v) is 4.54. The van der Waals surface area contributed by atoms with Gasteiger partial charge in [0.25, 0.3) is 5.91 Å². The maximum absolute atomic E-state index is 13.1. The maximum atomic E-state index is 13.1. The van der Waals surface area contributed by atoms with Crippen LogP contribution in [0.5, 0.6) is 0 Å². The molecule has 26 heavy (non-hydrogen) atoms. The van der Waals surface area contributed by atoms with Crippen molar-refractivity contribution in [2.45, 2.75) is 0 Å². The first-order valence-electron chi connectivity index (χ1n) is 8.50. The first-order chi connectivity index (χ1) is 12.7. The van der Waals surface area contributed by atoms with E-state index >= 15 is 0 Å². The highest BCUT2D eigenvalue weighted by atomic mass is 35.5. The molecule has 5 nitrogen and oxygen atoms in total. The van der Waals surface area contributed by atoms with Crippen molar-refractivity contribution >= 4 is 35.2 Å². The van der Waals surface area contributed by atoms with Crippen LogP contribution >= 0.6 is 11.6 Å². The monoisotopic (exact) mass is 367 g/mol. The van der Waals surface area contributed by atoms with Crippen LogP contribution in [0.15, 0.2) is 65.3 Å². The number of morpholine rings is 1. The van der Waals surface area contributed by atoms with Gasteiger partial charge in [0.2, 0.25) is 5.96 Å². The number of nitrogens with zero attached hydrogens (tertiary/aromatic N) is 3. The lowest BCUT2D eigenvalue weighted by Gasteiger charge is -2.32. The van der Waals surface area contributed by atoms with E-state index in [2.05, 4.69) is 9.89 Å². The summed E-state index contributed by atoms with van der Waals surface area (Å²) < 4.78 is 5.43. The summed E-state index contributed by atoms with van der Waals surface area (Å²) in [6.07, 6.45) is 1.81. The van der Waals surface area contributed by atoms with Crippen molar-refractivity contribution in [1.29, 1.82) is 0 Å². The van der Waals surface area contributed by atoms with E-state index in [4.69, 9.17) is 16.3 Å². The summed E-state index contributed by atoms with van der Waals surface area (Å²) in [5.41, 5.74) is 2.07. The number of guanidine groups is 1. The summed E-state index contributed by atoms with van der Waals surface area (Å²) in [6.45, 7) is 2.63. The number of carbonyl (C=O) groups is 1. The van der Waals surface area contributed by atoms with Crippen molar-refractivity contribution < 1.29 is 9.53 Å². The highest BCUT2D eigenvalue weighted by Gasteiger charge is 2.35. The van der Waals surface area contributed by atoms with Crippen molar-refractivity contribution in [3.05, 3.63) is 70.9 Å². The lowest BCUT2D eigenvalue weighted by Crippen LogP contribution is -2.48. The first kappa shape index (κ1) is 16.8. The normalized spacial score (nSPS) is 19.2. The molecule has 1 amide bonds. The number of carbonyl (C=O) groups excluding carboxylic acids is 1. The molecule has 1 saturated heterocycles. The third kappa shape index (κ3) is 3.36. The van der Waals surface area contributed by atoms with Crippen LogP contribution in [0.4, 0.5) is 5.69 Å². The average molecular weight is 368 g/mol. The summed E-state index contributed by atoms with van der Waals surface area (Å²) in [6, 6.07) is 17.0. The predicted molar refractivity (Wildman–Crippen MR) is 103 cm³/mol. The number of benzene rings is 2. The van der Waals surface area contributed by atoms with Crippen molar-refractivity contribution in [1.82, 2.24) is 4.90 Å². The molecule has 2 aromatic carbocycles. The first-order valence-corrected chi connectivity index (χ1v) is 8.88. The summed E-state index contributed by atoms with van der Waals surface area (Å²) in [5, 5.41) is 0.581. The number of ether oxygens (including phenoxy) is 1. The second kappa shape index (κ2) is 7.32. The van der Waals surface area contributed by atoms with E-state index in [1.807, 2.05) is 48.5 Å². The van der Waals surface area contributed by atoms with Crippen LogP contribution in [-0.4, -0.2) is 43.1 Å². The fraction of sp³-hybridized carbons (Fsp3) is 0.200. The fourth-order valence-corrected chi connectivity index (χ4v) is 3.22. The highest BCUT2D eigenvalue weighted by molar-refractivity contribution is 6.32. The van der Waals surface area contributed by atoms with E-state index in [9.17, 15) is 4.79 Å². The van der Waals surface area contributed by atoms with E-state index in [0.717, 1.165) is 5.56 Å². The zero-order chi connectivity index (χ0) is 17.9. The Morgan fingerprint density at radius 3 is 2.54 bits per heavy atom. The summed E-state index contributed by atoms with van der Waals surface area (Å²) >= 11 is 6.14. The maximum Gasteiger partial charge on any atom is 0.283 e. The second-order valence-corrected chi connectivity index (χ2v) is 6.51. The number of anilines is 1. The zero-order valence-electron chi connectivity index (χ0n) is 14.1. The van der Waals surface area contributed by atoms with Crippen molar-refractivity contribution in [2.75, 3.05) is 31.2 Å². The van der Waals surface area contributed by atoms with Gasteiger partial charge in [0, 0.05) is 18.1 Å². The van der Waals surface area contributed by atoms with Gasteiger partial charge in [0.05, 0.1) is 18.9 Å². The minimum Gasteiger partial charge on any atom is -0.378 e. The van der Waals surface area contributed by atoms with Crippen LogP contribution in [0, 0.1) is 0 Å². The van der Waals surface area contributed by atoms with Crippen LogP contribution in [0.3, 0.4) is 0 Å². The van der Waals surface area contributed by atoms with Gasteiger partial charge >= 0.3 is 0 Å². The molecule has 0 aromatic heterocycles. The molecule has 0 N–H and O–H groups in total. The van der Waals surface area contributed by atoms with Crippen LogP contribution in [0.2, 0.25) is 5.02 Å². The molecule has 2 heterocycles. The van der Waals surface area contributed by atoms with Crippen LogP contribution in [0.25, 0.3) is 6.08 Å². The van der Waals surface area contributed by atoms with Crippen molar-refractivity contribution in [3.8, 4) is 0 Å². The molecule has 132 valence electrons. The lowest BCUT2D eigenvalue weighted by molar-refractivity contribution is -0.113.